The molecule has 3 heteroatoms. The van der Waals surface area contributed by atoms with Crippen molar-refractivity contribution in [3.8, 4) is 0 Å². The van der Waals surface area contributed by atoms with Crippen molar-refractivity contribution in [2.75, 3.05) is 27.8 Å². The van der Waals surface area contributed by atoms with Gasteiger partial charge in [0.1, 0.15) is 0 Å². The minimum absolute atomic E-state index is 0.320. The summed E-state index contributed by atoms with van der Waals surface area (Å²) in [6, 6.07) is 11.8. The van der Waals surface area contributed by atoms with E-state index >= 15 is 0 Å². The van der Waals surface area contributed by atoms with Crippen molar-refractivity contribution in [2.45, 2.75) is 38.9 Å². The Morgan fingerprint density at radius 3 is 2.20 bits per heavy atom. The van der Waals surface area contributed by atoms with Gasteiger partial charge in [0, 0.05) is 25.2 Å². The SMILES string of the molecule is CNC(c1ccccc1)C(C(C)C)N(C)C(C)COC. The molecule has 1 rings (SSSR count). The topological polar surface area (TPSA) is 24.5 Å². The van der Waals surface area contributed by atoms with Gasteiger partial charge in [0.25, 0.3) is 0 Å². The van der Waals surface area contributed by atoms with E-state index in [2.05, 4.69) is 68.4 Å². The Labute approximate surface area is 124 Å². The van der Waals surface area contributed by atoms with E-state index in [9.17, 15) is 0 Å². The highest BCUT2D eigenvalue weighted by Crippen LogP contribution is 2.27. The van der Waals surface area contributed by atoms with Crippen LogP contribution in [0.2, 0.25) is 0 Å². The molecule has 0 saturated carbocycles. The number of methoxy groups -OCH3 is 1. The first-order valence-electron chi connectivity index (χ1n) is 7.46. The molecule has 3 unspecified atom stereocenters. The van der Waals surface area contributed by atoms with Gasteiger partial charge in [0.05, 0.1) is 6.61 Å². The van der Waals surface area contributed by atoms with Gasteiger partial charge in [-0.1, -0.05) is 44.2 Å². The summed E-state index contributed by atoms with van der Waals surface area (Å²) in [4.78, 5) is 2.43. The van der Waals surface area contributed by atoms with E-state index in [0.717, 1.165) is 6.61 Å². The molecule has 114 valence electrons. The number of rotatable bonds is 8. The summed E-state index contributed by atoms with van der Waals surface area (Å²) >= 11 is 0. The van der Waals surface area contributed by atoms with Crippen molar-refractivity contribution in [3.63, 3.8) is 0 Å². The molecule has 20 heavy (non-hydrogen) atoms. The van der Waals surface area contributed by atoms with Crippen LogP contribution >= 0.6 is 0 Å². The molecule has 3 nitrogen and oxygen atoms in total. The average Bonchev–Trinajstić information content (AvgIpc) is 2.44. The molecule has 0 aliphatic rings. The maximum absolute atomic E-state index is 5.31. The van der Waals surface area contributed by atoms with E-state index in [4.69, 9.17) is 4.74 Å². The maximum atomic E-state index is 5.31. The van der Waals surface area contributed by atoms with Gasteiger partial charge in [0.15, 0.2) is 0 Å². The standard InChI is InChI=1S/C17H30N2O/c1-13(2)17(19(5)14(3)12-20-6)16(18-4)15-10-8-7-9-11-15/h7-11,13-14,16-18H,12H2,1-6H3. The van der Waals surface area contributed by atoms with Crippen LogP contribution in [0.1, 0.15) is 32.4 Å². The van der Waals surface area contributed by atoms with Crippen LogP contribution in [0, 0.1) is 5.92 Å². The number of hydrogen-bond acceptors (Lipinski definition) is 3. The number of hydrogen-bond donors (Lipinski definition) is 1. The summed E-state index contributed by atoms with van der Waals surface area (Å²) in [5, 5.41) is 3.50. The molecule has 0 aliphatic carbocycles. The summed E-state index contributed by atoms with van der Waals surface area (Å²) in [6.45, 7) is 7.55. The second-order valence-electron chi connectivity index (χ2n) is 5.88. The molecular weight excluding hydrogens is 248 g/mol. The Balaban J connectivity index is 2.98. The highest BCUT2D eigenvalue weighted by molar-refractivity contribution is 5.21. The predicted octanol–water partition coefficient (Wildman–Crippen LogP) is 2.94. The number of likely N-dealkylation sites (N-methyl/N-ethyl adjacent to an activating group) is 2. The molecule has 0 saturated heterocycles. The van der Waals surface area contributed by atoms with Crippen LogP contribution in [0.4, 0.5) is 0 Å². The Morgan fingerprint density at radius 1 is 1.15 bits per heavy atom. The molecule has 0 bridgehead atoms. The van der Waals surface area contributed by atoms with E-state index in [1.807, 2.05) is 7.05 Å². The van der Waals surface area contributed by atoms with Crippen LogP contribution in [0.3, 0.4) is 0 Å². The van der Waals surface area contributed by atoms with Crippen LogP contribution in [-0.4, -0.2) is 44.8 Å². The van der Waals surface area contributed by atoms with Crippen LogP contribution in [0.15, 0.2) is 30.3 Å². The second-order valence-corrected chi connectivity index (χ2v) is 5.88. The van der Waals surface area contributed by atoms with Gasteiger partial charge in [-0.2, -0.15) is 0 Å². The molecular formula is C17H30N2O. The lowest BCUT2D eigenvalue weighted by atomic mass is 9.89. The molecule has 0 fully saturated rings. The van der Waals surface area contributed by atoms with Crippen LogP contribution < -0.4 is 5.32 Å². The van der Waals surface area contributed by atoms with Crippen molar-refractivity contribution >= 4 is 0 Å². The first-order chi connectivity index (χ1) is 9.52. The van der Waals surface area contributed by atoms with Crippen molar-refractivity contribution in [3.05, 3.63) is 35.9 Å². The van der Waals surface area contributed by atoms with Crippen LogP contribution in [-0.2, 0) is 4.74 Å². The Kier molecular flexibility index (Phi) is 7.20. The molecule has 0 aliphatic heterocycles. The van der Waals surface area contributed by atoms with E-state index in [1.165, 1.54) is 5.56 Å². The molecule has 0 heterocycles. The first kappa shape index (κ1) is 17.2. The molecule has 1 aromatic carbocycles. The van der Waals surface area contributed by atoms with Gasteiger partial charge < -0.3 is 10.1 Å². The lowest BCUT2D eigenvalue weighted by Gasteiger charge is -2.40. The third-order valence-corrected chi connectivity index (χ3v) is 4.07. The van der Waals surface area contributed by atoms with E-state index in [1.54, 1.807) is 7.11 Å². The summed E-state index contributed by atoms with van der Waals surface area (Å²) in [7, 11) is 6.00. The summed E-state index contributed by atoms with van der Waals surface area (Å²) in [6.07, 6.45) is 0. The monoisotopic (exact) mass is 278 g/mol. The predicted molar refractivity (Wildman–Crippen MR) is 86.0 cm³/mol. The number of benzene rings is 1. The van der Waals surface area contributed by atoms with Crippen molar-refractivity contribution in [1.82, 2.24) is 10.2 Å². The maximum Gasteiger partial charge on any atom is 0.0615 e. The van der Waals surface area contributed by atoms with Gasteiger partial charge in [-0.3, -0.25) is 4.90 Å². The summed E-state index contributed by atoms with van der Waals surface area (Å²) in [5.74, 6) is 0.553. The third-order valence-electron chi connectivity index (χ3n) is 4.07. The number of nitrogens with one attached hydrogen (secondary N) is 1. The Hall–Kier alpha value is -0.900. The molecule has 0 spiro atoms. The zero-order chi connectivity index (χ0) is 15.1. The highest BCUT2D eigenvalue weighted by atomic mass is 16.5. The average molecular weight is 278 g/mol. The quantitative estimate of drug-likeness (QED) is 0.791. The van der Waals surface area contributed by atoms with E-state index in [0.29, 0.717) is 24.0 Å². The van der Waals surface area contributed by atoms with Gasteiger partial charge in [-0.05, 0) is 32.5 Å². The lowest BCUT2D eigenvalue weighted by molar-refractivity contribution is 0.0574. The first-order valence-corrected chi connectivity index (χ1v) is 7.46. The fraction of sp³-hybridized carbons (Fsp3) is 0.647. The molecule has 3 atom stereocenters. The number of nitrogens with zero attached hydrogens (tertiary/aromatic N) is 1. The van der Waals surface area contributed by atoms with Gasteiger partial charge in [0.2, 0.25) is 0 Å². The second kappa shape index (κ2) is 8.40. The zero-order valence-electron chi connectivity index (χ0n) is 13.8. The van der Waals surface area contributed by atoms with Crippen molar-refractivity contribution in [1.29, 1.82) is 0 Å². The highest BCUT2D eigenvalue weighted by Gasteiger charge is 2.30. The fourth-order valence-corrected chi connectivity index (χ4v) is 2.94. The van der Waals surface area contributed by atoms with E-state index < -0.39 is 0 Å². The van der Waals surface area contributed by atoms with Gasteiger partial charge in [-0.25, -0.2) is 0 Å². The lowest BCUT2D eigenvalue weighted by Crippen LogP contribution is -2.49. The summed E-state index contributed by atoms with van der Waals surface area (Å²) < 4.78 is 5.31. The molecule has 0 radical (unpaired) electrons. The van der Waals surface area contributed by atoms with Gasteiger partial charge >= 0.3 is 0 Å². The minimum Gasteiger partial charge on any atom is -0.383 e. The Morgan fingerprint density at radius 2 is 1.75 bits per heavy atom. The van der Waals surface area contributed by atoms with E-state index in [-0.39, 0.29) is 0 Å². The minimum atomic E-state index is 0.320. The number of ether oxygens (including phenoxy) is 1. The fourth-order valence-electron chi connectivity index (χ4n) is 2.94. The van der Waals surface area contributed by atoms with Crippen molar-refractivity contribution in [2.24, 2.45) is 5.92 Å². The third kappa shape index (κ3) is 4.30. The normalized spacial score (nSPS) is 16.4. The largest absolute Gasteiger partial charge is 0.383 e. The zero-order valence-corrected chi connectivity index (χ0v) is 13.8. The Bertz CT molecular complexity index is 367. The molecule has 0 aromatic heterocycles. The summed E-state index contributed by atoms with van der Waals surface area (Å²) in [5.41, 5.74) is 1.34. The molecule has 1 N–H and O–H groups in total. The van der Waals surface area contributed by atoms with Crippen LogP contribution in [0.5, 0.6) is 0 Å². The molecule has 1 aromatic rings. The molecule has 0 amide bonds. The van der Waals surface area contributed by atoms with Crippen LogP contribution in [0.25, 0.3) is 0 Å². The van der Waals surface area contributed by atoms with Crippen molar-refractivity contribution < 1.29 is 4.74 Å². The van der Waals surface area contributed by atoms with Gasteiger partial charge in [-0.15, -0.1) is 0 Å². The smallest absolute Gasteiger partial charge is 0.0615 e.